The molecule has 0 radical (unpaired) electrons. The van der Waals surface area contributed by atoms with Gasteiger partial charge in [0.05, 0.1) is 17.1 Å². The van der Waals surface area contributed by atoms with E-state index in [1.807, 2.05) is 12.1 Å². The maximum atomic E-state index is 6.09. The molecule has 0 aliphatic carbocycles. The fourth-order valence-corrected chi connectivity index (χ4v) is 3.45. The van der Waals surface area contributed by atoms with E-state index >= 15 is 0 Å². The molecule has 1 fully saturated rings. The SMILES string of the molecule is CCC1CCNC(c2nc3cc(Cl)ccc3n2CC)C1. The van der Waals surface area contributed by atoms with E-state index in [-0.39, 0.29) is 0 Å². The summed E-state index contributed by atoms with van der Waals surface area (Å²) in [5.41, 5.74) is 2.20. The van der Waals surface area contributed by atoms with Gasteiger partial charge in [0.15, 0.2) is 0 Å². The van der Waals surface area contributed by atoms with Crippen molar-refractivity contribution >= 4 is 22.6 Å². The maximum Gasteiger partial charge on any atom is 0.127 e. The molecule has 1 aliphatic rings. The highest BCUT2D eigenvalue weighted by Crippen LogP contribution is 2.31. The van der Waals surface area contributed by atoms with Gasteiger partial charge in [0.25, 0.3) is 0 Å². The van der Waals surface area contributed by atoms with E-state index in [0.717, 1.165) is 29.5 Å². The first-order valence-corrected chi connectivity index (χ1v) is 7.99. The number of nitrogens with one attached hydrogen (secondary N) is 1. The first kappa shape index (κ1) is 13.9. The zero-order chi connectivity index (χ0) is 14.1. The van der Waals surface area contributed by atoms with Gasteiger partial charge in [0.1, 0.15) is 5.82 Å². The van der Waals surface area contributed by atoms with Gasteiger partial charge in [-0.1, -0.05) is 24.9 Å². The van der Waals surface area contributed by atoms with Gasteiger partial charge in [-0.15, -0.1) is 0 Å². The van der Waals surface area contributed by atoms with Gasteiger partial charge >= 0.3 is 0 Å². The Labute approximate surface area is 125 Å². The van der Waals surface area contributed by atoms with Crippen LogP contribution in [-0.2, 0) is 6.54 Å². The summed E-state index contributed by atoms with van der Waals surface area (Å²) in [6.45, 7) is 6.51. The monoisotopic (exact) mass is 291 g/mol. The summed E-state index contributed by atoms with van der Waals surface area (Å²) in [6.07, 6.45) is 3.73. The summed E-state index contributed by atoms with van der Waals surface area (Å²) < 4.78 is 2.32. The van der Waals surface area contributed by atoms with Crippen molar-refractivity contribution in [3.8, 4) is 0 Å². The Kier molecular flexibility index (Phi) is 3.99. The molecule has 2 atom stereocenters. The number of rotatable bonds is 3. The standard InChI is InChI=1S/C16H22ClN3/c1-3-11-7-8-18-14(9-11)16-19-13-10-12(17)5-6-15(13)20(16)4-2/h5-6,10-11,14,18H,3-4,7-9H2,1-2H3. The van der Waals surface area contributed by atoms with E-state index < -0.39 is 0 Å². The molecular weight excluding hydrogens is 270 g/mol. The lowest BCUT2D eigenvalue weighted by atomic mass is 9.90. The van der Waals surface area contributed by atoms with E-state index in [2.05, 4.69) is 29.8 Å². The second-order valence-corrected chi connectivity index (χ2v) is 6.09. The van der Waals surface area contributed by atoms with Crippen LogP contribution in [0.5, 0.6) is 0 Å². The molecule has 4 heteroatoms. The lowest BCUT2D eigenvalue weighted by molar-refractivity contribution is 0.287. The van der Waals surface area contributed by atoms with Gasteiger partial charge in [-0.2, -0.15) is 0 Å². The Bertz CT molecular complexity index is 605. The van der Waals surface area contributed by atoms with Crippen LogP contribution < -0.4 is 5.32 Å². The Balaban J connectivity index is 2.01. The molecule has 20 heavy (non-hydrogen) atoms. The second-order valence-electron chi connectivity index (χ2n) is 5.65. The van der Waals surface area contributed by atoms with E-state index in [1.165, 1.54) is 30.6 Å². The molecule has 2 heterocycles. The van der Waals surface area contributed by atoms with Crippen molar-refractivity contribution in [2.75, 3.05) is 6.54 Å². The lowest BCUT2D eigenvalue weighted by Crippen LogP contribution is -2.33. The van der Waals surface area contributed by atoms with Crippen molar-refractivity contribution in [1.82, 2.24) is 14.9 Å². The lowest BCUT2D eigenvalue weighted by Gasteiger charge is -2.29. The molecule has 3 nitrogen and oxygen atoms in total. The van der Waals surface area contributed by atoms with Crippen molar-refractivity contribution in [1.29, 1.82) is 0 Å². The Morgan fingerprint density at radius 2 is 2.25 bits per heavy atom. The fourth-order valence-electron chi connectivity index (χ4n) is 3.28. The molecule has 1 N–H and O–H groups in total. The molecule has 108 valence electrons. The zero-order valence-electron chi connectivity index (χ0n) is 12.2. The normalized spacial score (nSPS) is 23.4. The predicted octanol–water partition coefficient (Wildman–Crippen LogP) is 4.16. The summed E-state index contributed by atoms with van der Waals surface area (Å²) in [6, 6.07) is 6.37. The molecule has 0 amide bonds. The maximum absolute atomic E-state index is 6.09. The Morgan fingerprint density at radius 1 is 1.40 bits per heavy atom. The number of halogens is 1. The first-order chi connectivity index (χ1) is 9.72. The molecule has 0 bridgehead atoms. The van der Waals surface area contributed by atoms with Gasteiger partial charge < -0.3 is 9.88 Å². The van der Waals surface area contributed by atoms with Crippen LogP contribution >= 0.6 is 11.6 Å². The number of nitrogens with zero attached hydrogens (tertiary/aromatic N) is 2. The van der Waals surface area contributed by atoms with Crippen molar-refractivity contribution in [3.63, 3.8) is 0 Å². The number of imidazole rings is 1. The topological polar surface area (TPSA) is 29.9 Å². The van der Waals surface area contributed by atoms with Crippen molar-refractivity contribution in [2.24, 2.45) is 5.92 Å². The summed E-state index contributed by atoms with van der Waals surface area (Å²) in [5.74, 6) is 1.98. The summed E-state index contributed by atoms with van der Waals surface area (Å²) in [4.78, 5) is 4.85. The number of hydrogen-bond donors (Lipinski definition) is 1. The second kappa shape index (κ2) is 5.74. The zero-order valence-corrected chi connectivity index (χ0v) is 13.0. The summed E-state index contributed by atoms with van der Waals surface area (Å²) >= 11 is 6.09. The molecule has 2 unspecified atom stereocenters. The third kappa shape index (κ3) is 2.45. The molecular formula is C16H22ClN3. The predicted molar refractivity (Wildman–Crippen MR) is 84.2 cm³/mol. The quantitative estimate of drug-likeness (QED) is 0.920. The third-order valence-electron chi connectivity index (χ3n) is 4.46. The average molecular weight is 292 g/mol. The molecule has 0 saturated carbocycles. The number of aromatic nitrogens is 2. The molecule has 1 aromatic heterocycles. The minimum atomic E-state index is 0.375. The van der Waals surface area contributed by atoms with E-state index in [0.29, 0.717) is 6.04 Å². The van der Waals surface area contributed by atoms with E-state index in [9.17, 15) is 0 Å². The van der Waals surface area contributed by atoms with Crippen molar-refractivity contribution in [3.05, 3.63) is 29.0 Å². The first-order valence-electron chi connectivity index (χ1n) is 7.62. The van der Waals surface area contributed by atoms with Crippen LogP contribution in [0.15, 0.2) is 18.2 Å². The van der Waals surface area contributed by atoms with Crippen LogP contribution in [-0.4, -0.2) is 16.1 Å². The highest BCUT2D eigenvalue weighted by molar-refractivity contribution is 6.31. The Hall–Kier alpha value is -1.06. The van der Waals surface area contributed by atoms with Crippen LogP contribution in [0.2, 0.25) is 5.02 Å². The van der Waals surface area contributed by atoms with Gasteiger partial charge in [-0.05, 0) is 50.4 Å². The van der Waals surface area contributed by atoms with Gasteiger partial charge in [-0.25, -0.2) is 4.98 Å². The van der Waals surface area contributed by atoms with Gasteiger partial charge in [0.2, 0.25) is 0 Å². The molecule has 0 spiro atoms. The number of hydrogen-bond acceptors (Lipinski definition) is 2. The number of aryl methyl sites for hydroxylation is 1. The van der Waals surface area contributed by atoms with E-state index in [1.54, 1.807) is 0 Å². The van der Waals surface area contributed by atoms with Crippen LogP contribution in [0, 0.1) is 5.92 Å². The largest absolute Gasteiger partial charge is 0.327 e. The Morgan fingerprint density at radius 3 is 3.00 bits per heavy atom. The fraction of sp³-hybridized carbons (Fsp3) is 0.562. The summed E-state index contributed by atoms with van der Waals surface area (Å²) in [5, 5.41) is 4.39. The van der Waals surface area contributed by atoms with E-state index in [4.69, 9.17) is 16.6 Å². The molecule has 2 aromatic rings. The van der Waals surface area contributed by atoms with Crippen molar-refractivity contribution in [2.45, 2.75) is 45.7 Å². The van der Waals surface area contributed by atoms with Crippen LogP contribution in [0.25, 0.3) is 11.0 Å². The minimum absolute atomic E-state index is 0.375. The number of fused-ring (bicyclic) bond motifs is 1. The molecule has 3 rings (SSSR count). The third-order valence-corrected chi connectivity index (χ3v) is 4.69. The van der Waals surface area contributed by atoms with Crippen LogP contribution in [0.3, 0.4) is 0 Å². The molecule has 1 aliphatic heterocycles. The highest BCUT2D eigenvalue weighted by Gasteiger charge is 2.25. The number of benzene rings is 1. The van der Waals surface area contributed by atoms with Crippen molar-refractivity contribution < 1.29 is 0 Å². The van der Waals surface area contributed by atoms with Gasteiger partial charge in [-0.3, -0.25) is 0 Å². The average Bonchev–Trinajstić information content (AvgIpc) is 2.84. The van der Waals surface area contributed by atoms with Crippen LogP contribution in [0.1, 0.15) is 45.0 Å². The smallest absolute Gasteiger partial charge is 0.127 e. The highest BCUT2D eigenvalue weighted by atomic mass is 35.5. The number of piperidine rings is 1. The molecule has 1 saturated heterocycles. The molecule has 1 aromatic carbocycles. The summed E-state index contributed by atoms with van der Waals surface area (Å²) in [7, 11) is 0. The van der Waals surface area contributed by atoms with Gasteiger partial charge in [0, 0.05) is 11.6 Å². The minimum Gasteiger partial charge on any atom is -0.327 e. The van der Waals surface area contributed by atoms with Crippen LogP contribution in [0.4, 0.5) is 0 Å².